The summed E-state index contributed by atoms with van der Waals surface area (Å²) >= 11 is 6.76. The first-order valence-corrected chi connectivity index (χ1v) is 11.0. The molecule has 0 saturated heterocycles. The highest BCUT2D eigenvalue weighted by atomic mass is 35.5. The van der Waals surface area contributed by atoms with E-state index in [0.29, 0.717) is 17.5 Å². The molecule has 9 heteroatoms. The second-order valence-electron chi connectivity index (χ2n) is 6.22. The van der Waals surface area contributed by atoms with Crippen molar-refractivity contribution in [3.05, 3.63) is 51.9 Å². The molecule has 6 nitrogen and oxygen atoms in total. The third-order valence-corrected chi connectivity index (χ3v) is 7.25. The molecule has 0 spiro atoms. The number of carbonyl (C=O) groups excluding carboxylic acids is 1. The van der Waals surface area contributed by atoms with E-state index in [2.05, 4.69) is 5.32 Å². The molecule has 0 atom stereocenters. The van der Waals surface area contributed by atoms with Gasteiger partial charge in [-0.3, -0.25) is 4.79 Å². The molecule has 0 aliphatic rings. The van der Waals surface area contributed by atoms with Gasteiger partial charge in [-0.05, 0) is 37.1 Å². The highest BCUT2D eigenvalue weighted by Gasteiger charge is 2.24. The lowest BCUT2D eigenvalue weighted by Gasteiger charge is -2.16. The van der Waals surface area contributed by atoms with Gasteiger partial charge in [0.1, 0.15) is 4.21 Å². The fourth-order valence-corrected chi connectivity index (χ4v) is 5.07. The Morgan fingerprint density at radius 3 is 2.48 bits per heavy atom. The Balaban J connectivity index is 1.95. The van der Waals surface area contributed by atoms with E-state index in [4.69, 9.17) is 16.3 Å². The summed E-state index contributed by atoms with van der Waals surface area (Å²) in [5, 5.41) is 2.76. The number of nitrogens with one attached hydrogen (secondary N) is 1. The van der Waals surface area contributed by atoms with Crippen LogP contribution in [0.5, 0.6) is 0 Å². The molecule has 0 fully saturated rings. The zero-order valence-electron chi connectivity index (χ0n) is 15.4. The Morgan fingerprint density at radius 1 is 1.22 bits per heavy atom. The lowest BCUT2D eigenvalue weighted by atomic mass is 10.1. The summed E-state index contributed by atoms with van der Waals surface area (Å²) in [6.45, 7) is 4.40. The van der Waals surface area contributed by atoms with Crippen LogP contribution in [0.25, 0.3) is 0 Å². The molecule has 0 unspecified atom stereocenters. The quantitative estimate of drug-likeness (QED) is 0.662. The monoisotopic (exact) mass is 430 g/mol. The van der Waals surface area contributed by atoms with Crippen LogP contribution >= 0.6 is 22.9 Å². The molecule has 2 aromatic rings. The van der Waals surface area contributed by atoms with Crippen molar-refractivity contribution in [2.45, 2.75) is 37.3 Å². The van der Waals surface area contributed by atoms with Gasteiger partial charge in [-0.1, -0.05) is 35.9 Å². The minimum atomic E-state index is -3.74. The zero-order chi connectivity index (χ0) is 20.0. The van der Waals surface area contributed by atoms with Gasteiger partial charge in [-0.25, -0.2) is 8.42 Å². The van der Waals surface area contributed by atoms with Gasteiger partial charge in [0.2, 0.25) is 5.91 Å². The van der Waals surface area contributed by atoms with Crippen LogP contribution in [0, 0.1) is 0 Å². The molecule has 1 aromatic heterocycles. The number of amides is 1. The van der Waals surface area contributed by atoms with Gasteiger partial charge in [0.25, 0.3) is 10.0 Å². The van der Waals surface area contributed by atoms with Crippen LogP contribution in [0.1, 0.15) is 25.0 Å². The maximum atomic E-state index is 12.4. The highest BCUT2D eigenvalue weighted by Crippen LogP contribution is 2.27. The minimum Gasteiger partial charge on any atom is -0.374 e. The van der Waals surface area contributed by atoms with Crippen molar-refractivity contribution in [1.29, 1.82) is 0 Å². The predicted molar refractivity (Wildman–Crippen MR) is 107 cm³/mol. The van der Waals surface area contributed by atoms with E-state index in [9.17, 15) is 13.2 Å². The van der Waals surface area contributed by atoms with Crippen LogP contribution in [0.2, 0.25) is 4.34 Å². The number of sulfonamides is 1. The Kier molecular flexibility index (Phi) is 7.81. The molecule has 0 radical (unpaired) electrons. The summed E-state index contributed by atoms with van der Waals surface area (Å²) in [6, 6.07) is 10.6. The standard InChI is InChI=1S/C18H23ClN2O4S2/c1-13(2)25-12-15-7-5-4-6-14(15)10-20-17(22)11-21(3)27(23,24)18-9-8-16(19)26-18/h4-9,13H,10-12H2,1-3H3,(H,20,22). The summed E-state index contributed by atoms with van der Waals surface area (Å²) in [7, 11) is -2.37. The van der Waals surface area contributed by atoms with E-state index < -0.39 is 10.0 Å². The topological polar surface area (TPSA) is 75.7 Å². The number of rotatable bonds is 9. The Bertz CT molecular complexity index is 881. The van der Waals surface area contributed by atoms with Crippen molar-refractivity contribution in [3.63, 3.8) is 0 Å². The molecule has 27 heavy (non-hydrogen) atoms. The average Bonchev–Trinajstić information content (AvgIpc) is 3.06. The van der Waals surface area contributed by atoms with Crippen LogP contribution in [0.15, 0.2) is 40.6 Å². The Hall–Kier alpha value is -1.45. The first kappa shape index (κ1) is 21.8. The molecule has 0 aliphatic heterocycles. The van der Waals surface area contributed by atoms with Crippen molar-refractivity contribution >= 4 is 38.9 Å². The first-order valence-electron chi connectivity index (χ1n) is 8.37. The zero-order valence-corrected chi connectivity index (χ0v) is 17.8. The summed E-state index contributed by atoms with van der Waals surface area (Å²) in [5.41, 5.74) is 1.92. The molecule has 0 aliphatic carbocycles. The summed E-state index contributed by atoms with van der Waals surface area (Å²) in [4.78, 5) is 12.2. The number of hydrogen-bond acceptors (Lipinski definition) is 5. The number of hydrogen-bond donors (Lipinski definition) is 1. The second-order valence-corrected chi connectivity index (χ2v) is 10.2. The molecule has 1 aromatic carbocycles. The van der Waals surface area contributed by atoms with E-state index in [0.717, 1.165) is 26.8 Å². The fraction of sp³-hybridized carbons (Fsp3) is 0.389. The molecule has 1 N–H and O–H groups in total. The van der Waals surface area contributed by atoms with Gasteiger partial charge in [0, 0.05) is 13.6 Å². The van der Waals surface area contributed by atoms with Gasteiger partial charge in [0.05, 0.1) is 23.6 Å². The van der Waals surface area contributed by atoms with E-state index >= 15 is 0 Å². The third kappa shape index (κ3) is 6.29. The first-order chi connectivity index (χ1) is 12.7. The van der Waals surface area contributed by atoms with Crippen molar-refractivity contribution in [1.82, 2.24) is 9.62 Å². The number of halogens is 1. The van der Waals surface area contributed by atoms with E-state index in [1.165, 1.54) is 19.2 Å². The normalized spacial score (nSPS) is 11.9. The van der Waals surface area contributed by atoms with E-state index in [1.807, 2.05) is 38.1 Å². The van der Waals surface area contributed by atoms with Crippen molar-refractivity contribution in [2.24, 2.45) is 0 Å². The number of ether oxygens (including phenoxy) is 1. The van der Waals surface area contributed by atoms with Crippen molar-refractivity contribution in [3.8, 4) is 0 Å². The molecule has 148 valence electrons. The maximum Gasteiger partial charge on any atom is 0.252 e. The summed E-state index contributed by atoms with van der Waals surface area (Å²) in [6.07, 6.45) is 0.109. The van der Waals surface area contributed by atoms with Crippen LogP contribution in [-0.2, 0) is 32.7 Å². The van der Waals surface area contributed by atoms with E-state index in [1.54, 1.807) is 0 Å². The summed E-state index contributed by atoms with van der Waals surface area (Å²) in [5.74, 6) is -0.386. The molecule has 0 bridgehead atoms. The van der Waals surface area contributed by atoms with Gasteiger partial charge in [-0.2, -0.15) is 4.31 Å². The largest absolute Gasteiger partial charge is 0.374 e. The Morgan fingerprint density at radius 2 is 1.89 bits per heavy atom. The maximum absolute atomic E-state index is 12.4. The van der Waals surface area contributed by atoms with Crippen molar-refractivity contribution in [2.75, 3.05) is 13.6 Å². The van der Waals surface area contributed by atoms with Gasteiger partial charge in [0.15, 0.2) is 0 Å². The van der Waals surface area contributed by atoms with Crippen LogP contribution in [0.3, 0.4) is 0 Å². The average molecular weight is 431 g/mol. The lowest BCUT2D eigenvalue weighted by molar-refractivity contribution is -0.121. The van der Waals surface area contributed by atoms with Crippen LogP contribution in [-0.4, -0.2) is 38.3 Å². The van der Waals surface area contributed by atoms with Gasteiger partial charge in [-0.15, -0.1) is 11.3 Å². The van der Waals surface area contributed by atoms with Crippen LogP contribution < -0.4 is 5.32 Å². The predicted octanol–water partition coefficient (Wildman–Crippen LogP) is 3.26. The molecule has 1 heterocycles. The van der Waals surface area contributed by atoms with Gasteiger partial charge >= 0.3 is 0 Å². The molecule has 2 rings (SSSR count). The Labute approximate surface area is 169 Å². The SMILES string of the molecule is CC(C)OCc1ccccc1CNC(=O)CN(C)S(=O)(=O)c1ccc(Cl)s1. The number of likely N-dealkylation sites (N-methyl/N-ethyl adjacent to an activating group) is 1. The molecular weight excluding hydrogens is 408 g/mol. The summed E-state index contributed by atoms with van der Waals surface area (Å²) < 4.78 is 32.0. The van der Waals surface area contributed by atoms with Crippen LogP contribution in [0.4, 0.5) is 0 Å². The minimum absolute atomic E-state index is 0.109. The number of thiophene rings is 1. The van der Waals surface area contributed by atoms with E-state index in [-0.39, 0.29) is 22.8 Å². The third-order valence-electron chi connectivity index (χ3n) is 3.75. The molecule has 1 amide bonds. The highest BCUT2D eigenvalue weighted by molar-refractivity contribution is 7.91. The lowest BCUT2D eigenvalue weighted by Crippen LogP contribution is -2.38. The number of carbonyl (C=O) groups is 1. The van der Waals surface area contributed by atoms with Crippen molar-refractivity contribution < 1.29 is 17.9 Å². The molecular formula is C18H23ClN2O4S2. The molecule has 0 saturated carbocycles. The smallest absolute Gasteiger partial charge is 0.252 e. The fourth-order valence-electron chi connectivity index (χ4n) is 2.25. The number of nitrogens with zero attached hydrogens (tertiary/aromatic N) is 1. The second kappa shape index (κ2) is 9.66. The van der Waals surface area contributed by atoms with Gasteiger partial charge < -0.3 is 10.1 Å². The number of benzene rings is 1.